The Balaban J connectivity index is 3.02. The van der Waals surface area contributed by atoms with Gasteiger partial charge in [-0.2, -0.15) is 0 Å². The highest BCUT2D eigenvalue weighted by molar-refractivity contribution is 7.89. The highest BCUT2D eigenvalue weighted by Gasteiger charge is 2.19. The second-order valence-corrected chi connectivity index (χ2v) is 6.94. The molecule has 0 unspecified atom stereocenters. The first-order valence-corrected chi connectivity index (χ1v) is 8.64. The van der Waals surface area contributed by atoms with Crippen LogP contribution in [0.2, 0.25) is 0 Å². The third kappa shape index (κ3) is 4.54. The number of amides is 1. The van der Waals surface area contributed by atoms with Crippen molar-refractivity contribution in [3.05, 3.63) is 28.8 Å². The molecule has 0 saturated heterocycles. The van der Waals surface area contributed by atoms with Crippen molar-refractivity contribution in [2.45, 2.75) is 44.9 Å². The fourth-order valence-electron chi connectivity index (χ4n) is 2.03. The fraction of sp³-hybridized carbons (Fsp3) is 0.533. The van der Waals surface area contributed by atoms with Gasteiger partial charge < -0.3 is 5.32 Å². The number of aryl methyl sites for hydroxylation is 1. The molecule has 0 spiro atoms. The lowest BCUT2D eigenvalue weighted by Crippen LogP contribution is -2.26. The molecule has 6 heteroatoms. The van der Waals surface area contributed by atoms with Crippen LogP contribution in [0.4, 0.5) is 0 Å². The molecule has 0 bridgehead atoms. The Morgan fingerprint density at radius 1 is 1.19 bits per heavy atom. The van der Waals surface area contributed by atoms with Crippen LogP contribution in [-0.4, -0.2) is 27.9 Å². The minimum absolute atomic E-state index is 0.156. The van der Waals surface area contributed by atoms with Crippen LogP contribution in [0.3, 0.4) is 0 Å². The molecule has 21 heavy (non-hydrogen) atoms. The van der Waals surface area contributed by atoms with Gasteiger partial charge in [0.1, 0.15) is 0 Å². The summed E-state index contributed by atoms with van der Waals surface area (Å²) in [6.07, 6.45) is 3.07. The molecule has 0 aliphatic rings. The third-order valence-corrected chi connectivity index (χ3v) is 5.05. The van der Waals surface area contributed by atoms with Gasteiger partial charge in [-0.1, -0.05) is 19.8 Å². The molecule has 0 aliphatic carbocycles. The van der Waals surface area contributed by atoms with Crippen molar-refractivity contribution in [2.75, 3.05) is 13.6 Å². The zero-order valence-electron chi connectivity index (χ0n) is 13.1. The smallest absolute Gasteiger partial charge is 0.251 e. The van der Waals surface area contributed by atoms with Gasteiger partial charge in [0.2, 0.25) is 10.0 Å². The Labute approximate surface area is 127 Å². The monoisotopic (exact) mass is 312 g/mol. The van der Waals surface area contributed by atoms with E-state index in [4.69, 9.17) is 0 Å². The van der Waals surface area contributed by atoms with Crippen LogP contribution in [0, 0.1) is 13.8 Å². The van der Waals surface area contributed by atoms with Crippen molar-refractivity contribution in [1.29, 1.82) is 0 Å². The van der Waals surface area contributed by atoms with Crippen LogP contribution in [0.15, 0.2) is 17.0 Å². The summed E-state index contributed by atoms with van der Waals surface area (Å²) in [7, 11) is -2.20. The van der Waals surface area contributed by atoms with Crippen molar-refractivity contribution in [3.63, 3.8) is 0 Å². The van der Waals surface area contributed by atoms with Gasteiger partial charge in [-0.25, -0.2) is 13.1 Å². The van der Waals surface area contributed by atoms with E-state index in [1.807, 2.05) is 0 Å². The molecule has 0 aromatic heterocycles. The summed E-state index contributed by atoms with van der Waals surface area (Å²) >= 11 is 0. The lowest BCUT2D eigenvalue weighted by atomic mass is 10.1. The summed E-state index contributed by atoms with van der Waals surface area (Å²) in [6.45, 7) is 6.24. The largest absolute Gasteiger partial charge is 0.352 e. The second kappa shape index (κ2) is 7.56. The SMILES string of the molecule is CCCCCNC(=O)c1cc(C)c(C)c(S(=O)(=O)NC)c1. The van der Waals surface area contributed by atoms with Gasteiger partial charge in [-0.05, 0) is 50.6 Å². The Morgan fingerprint density at radius 2 is 1.86 bits per heavy atom. The summed E-state index contributed by atoms with van der Waals surface area (Å²) in [4.78, 5) is 12.3. The molecule has 1 amide bonds. The standard InChI is InChI=1S/C15H24N2O3S/c1-5-6-7-8-17-15(18)13-9-11(2)12(3)14(10-13)21(19,20)16-4/h9-10,16H,5-8H2,1-4H3,(H,17,18). The minimum Gasteiger partial charge on any atom is -0.352 e. The number of benzene rings is 1. The number of sulfonamides is 1. The van der Waals surface area contributed by atoms with Gasteiger partial charge in [0, 0.05) is 12.1 Å². The van der Waals surface area contributed by atoms with Crippen LogP contribution < -0.4 is 10.0 Å². The van der Waals surface area contributed by atoms with Gasteiger partial charge in [0.15, 0.2) is 0 Å². The fourth-order valence-corrected chi connectivity index (χ4v) is 3.09. The van der Waals surface area contributed by atoms with E-state index in [1.165, 1.54) is 13.1 Å². The number of nitrogens with one attached hydrogen (secondary N) is 2. The van der Waals surface area contributed by atoms with E-state index in [9.17, 15) is 13.2 Å². The van der Waals surface area contributed by atoms with E-state index in [1.54, 1.807) is 19.9 Å². The van der Waals surface area contributed by atoms with Gasteiger partial charge >= 0.3 is 0 Å². The maximum Gasteiger partial charge on any atom is 0.251 e. The lowest BCUT2D eigenvalue weighted by molar-refractivity contribution is 0.0952. The van der Waals surface area contributed by atoms with Crippen LogP contribution >= 0.6 is 0 Å². The van der Waals surface area contributed by atoms with Crippen LogP contribution in [0.1, 0.15) is 47.7 Å². The van der Waals surface area contributed by atoms with E-state index < -0.39 is 10.0 Å². The number of hydrogen-bond acceptors (Lipinski definition) is 3. The topological polar surface area (TPSA) is 75.3 Å². The Morgan fingerprint density at radius 3 is 2.43 bits per heavy atom. The zero-order valence-corrected chi connectivity index (χ0v) is 13.9. The zero-order chi connectivity index (χ0) is 16.0. The Hall–Kier alpha value is -1.40. The van der Waals surface area contributed by atoms with Gasteiger partial charge in [0.05, 0.1) is 4.90 Å². The number of carbonyl (C=O) groups excluding carboxylic acids is 1. The average molecular weight is 312 g/mol. The predicted molar refractivity (Wildman–Crippen MR) is 84.0 cm³/mol. The van der Waals surface area contributed by atoms with E-state index in [0.29, 0.717) is 17.7 Å². The molecular formula is C15H24N2O3S. The molecule has 2 N–H and O–H groups in total. The van der Waals surface area contributed by atoms with Gasteiger partial charge in [-0.3, -0.25) is 4.79 Å². The van der Waals surface area contributed by atoms with Crippen molar-refractivity contribution in [1.82, 2.24) is 10.0 Å². The van der Waals surface area contributed by atoms with E-state index in [0.717, 1.165) is 24.8 Å². The van der Waals surface area contributed by atoms with Gasteiger partial charge in [0.25, 0.3) is 5.91 Å². The highest BCUT2D eigenvalue weighted by Crippen LogP contribution is 2.21. The van der Waals surface area contributed by atoms with E-state index in [-0.39, 0.29) is 10.8 Å². The van der Waals surface area contributed by atoms with Crippen molar-refractivity contribution in [3.8, 4) is 0 Å². The molecule has 1 rings (SSSR count). The van der Waals surface area contributed by atoms with Crippen molar-refractivity contribution < 1.29 is 13.2 Å². The second-order valence-electron chi connectivity index (χ2n) is 5.09. The van der Waals surface area contributed by atoms with Crippen LogP contribution in [0.5, 0.6) is 0 Å². The van der Waals surface area contributed by atoms with E-state index in [2.05, 4.69) is 17.0 Å². The molecule has 0 radical (unpaired) electrons. The maximum absolute atomic E-state index is 12.1. The first kappa shape index (κ1) is 17.7. The number of unbranched alkanes of at least 4 members (excludes halogenated alkanes) is 2. The molecule has 0 heterocycles. The van der Waals surface area contributed by atoms with Crippen molar-refractivity contribution >= 4 is 15.9 Å². The van der Waals surface area contributed by atoms with Gasteiger partial charge in [-0.15, -0.1) is 0 Å². The summed E-state index contributed by atoms with van der Waals surface area (Å²) in [5.74, 6) is -0.234. The summed E-state index contributed by atoms with van der Waals surface area (Å²) in [6, 6.07) is 3.16. The first-order chi connectivity index (χ1) is 9.83. The highest BCUT2D eigenvalue weighted by atomic mass is 32.2. The molecule has 5 nitrogen and oxygen atoms in total. The first-order valence-electron chi connectivity index (χ1n) is 7.16. The molecule has 0 saturated carbocycles. The summed E-state index contributed by atoms with van der Waals surface area (Å²) in [5.41, 5.74) is 1.82. The number of carbonyl (C=O) groups is 1. The molecular weight excluding hydrogens is 288 g/mol. The Bertz CT molecular complexity index is 610. The van der Waals surface area contributed by atoms with Crippen LogP contribution in [0.25, 0.3) is 0 Å². The molecule has 118 valence electrons. The summed E-state index contributed by atoms with van der Waals surface area (Å²) in [5, 5.41) is 2.82. The molecule has 0 fully saturated rings. The lowest BCUT2D eigenvalue weighted by Gasteiger charge is -2.12. The minimum atomic E-state index is -3.57. The molecule has 1 aromatic rings. The summed E-state index contributed by atoms with van der Waals surface area (Å²) < 4.78 is 26.3. The number of rotatable bonds is 7. The molecule has 1 aromatic carbocycles. The molecule has 0 atom stereocenters. The maximum atomic E-state index is 12.1. The number of hydrogen-bond donors (Lipinski definition) is 2. The third-order valence-electron chi connectivity index (χ3n) is 3.51. The quantitative estimate of drug-likeness (QED) is 0.757. The predicted octanol–water partition coefficient (Wildman–Crippen LogP) is 2.13. The normalized spacial score (nSPS) is 11.4. The molecule has 0 aliphatic heterocycles. The van der Waals surface area contributed by atoms with Crippen molar-refractivity contribution in [2.24, 2.45) is 0 Å². The average Bonchev–Trinajstić information content (AvgIpc) is 2.45. The Kier molecular flexibility index (Phi) is 6.36. The van der Waals surface area contributed by atoms with E-state index >= 15 is 0 Å². The van der Waals surface area contributed by atoms with Crippen LogP contribution in [-0.2, 0) is 10.0 Å².